The van der Waals surface area contributed by atoms with Crippen LogP contribution in [-0.2, 0) is 17.9 Å². The fraction of sp³-hybridized carbons (Fsp3) is 0.333. The number of ether oxygens (including phenoxy) is 1. The number of nitrogens with zero attached hydrogens (tertiary/aromatic N) is 2. The summed E-state index contributed by atoms with van der Waals surface area (Å²) in [6.45, 7) is 3.48. The van der Waals surface area contributed by atoms with Crippen LogP contribution in [0.15, 0.2) is 51.7 Å². The molecule has 0 spiro atoms. The molecule has 3 aromatic rings. The standard InChI is InChI=1S/C21H22BrN3O3/c1-2-24-17-5-3-4-6-18(17)25(21(24)27)11-9-20(26)23-16-10-12-28-19-8-7-14(22)13-15(16)19/h3-8,13,16H,2,9-12H2,1H3,(H,23,26). The van der Waals surface area contributed by atoms with Crippen LogP contribution in [-0.4, -0.2) is 21.6 Å². The van der Waals surface area contributed by atoms with E-state index in [9.17, 15) is 9.59 Å². The van der Waals surface area contributed by atoms with Crippen molar-refractivity contribution in [3.63, 3.8) is 0 Å². The molecule has 0 saturated heterocycles. The van der Waals surface area contributed by atoms with Gasteiger partial charge in [0.1, 0.15) is 5.75 Å². The second kappa shape index (κ2) is 7.83. The Morgan fingerprint density at radius 2 is 1.96 bits per heavy atom. The highest BCUT2D eigenvalue weighted by atomic mass is 79.9. The summed E-state index contributed by atoms with van der Waals surface area (Å²) in [7, 11) is 0. The van der Waals surface area contributed by atoms with Crippen molar-refractivity contribution < 1.29 is 9.53 Å². The predicted molar refractivity (Wildman–Crippen MR) is 112 cm³/mol. The Bertz CT molecular complexity index is 1090. The Labute approximate surface area is 171 Å². The molecule has 0 fully saturated rings. The monoisotopic (exact) mass is 443 g/mol. The lowest BCUT2D eigenvalue weighted by atomic mass is 10.0. The van der Waals surface area contributed by atoms with E-state index in [2.05, 4.69) is 21.2 Å². The number of aromatic nitrogens is 2. The summed E-state index contributed by atoms with van der Waals surface area (Å²) < 4.78 is 10.1. The zero-order valence-corrected chi connectivity index (χ0v) is 17.2. The highest BCUT2D eigenvalue weighted by molar-refractivity contribution is 9.10. The first-order valence-corrected chi connectivity index (χ1v) is 10.3. The topological polar surface area (TPSA) is 65.3 Å². The number of amides is 1. The van der Waals surface area contributed by atoms with Crippen molar-refractivity contribution in [2.75, 3.05) is 6.61 Å². The molecular weight excluding hydrogens is 422 g/mol. The van der Waals surface area contributed by atoms with Gasteiger partial charge in [0.05, 0.1) is 23.7 Å². The highest BCUT2D eigenvalue weighted by Crippen LogP contribution is 2.34. The molecule has 146 valence electrons. The lowest BCUT2D eigenvalue weighted by Gasteiger charge is -2.27. The summed E-state index contributed by atoms with van der Waals surface area (Å²) in [6.07, 6.45) is 0.975. The molecule has 4 rings (SSSR count). The lowest BCUT2D eigenvalue weighted by Crippen LogP contribution is -2.33. The molecule has 0 aliphatic carbocycles. The molecule has 1 aliphatic heterocycles. The van der Waals surface area contributed by atoms with E-state index in [1.54, 1.807) is 9.13 Å². The van der Waals surface area contributed by atoms with Crippen molar-refractivity contribution in [3.05, 3.63) is 63.0 Å². The second-order valence-corrected chi connectivity index (χ2v) is 7.77. The minimum Gasteiger partial charge on any atom is -0.493 e. The molecule has 2 heterocycles. The number of carbonyl (C=O) groups is 1. The Balaban J connectivity index is 1.50. The molecule has 1 unspecified atom stereocenters. The summed E-state index contributed by atoms with van der Waals surface area (Å²) in [6, 6.07) is 13.4. The first-order valence-electron chi connectivity index (χ1n) is 9.48. The molecule has 7 heteroatoms. The van der Waals surface area contributed by atoms with Crippen molar-refractivity contribution >= 4 is 32.9 Å². The van der Waals surface area contributed by atoms with Gasteiger partial charge < -0.3 is 10.1 Å². The summed E-state index contributed by atoms with van der Waals surface area (Å²) in [5.74, 6) is 0.736. The van der Waals surface area contributed by atoms with Crippen molar-refractivity contribution in [2.45, 2.75) is 38.9 Å². The van der Waals surface area contributed by atoms with E-state index in [0.717, 1.165) is 33.2 Å². The van der Waals surface area contributed by atoms with Gasteiger partial charge in [-0.25, -0.2) is 4.79 Å². The highest BCUT2D eigenvalue weighted by Gasteiger charge is 2.23. The third-order valence-corrected chi connectivity index (χ3v) is 5.64. The minimum absolute atomic E-state index is 0.0712. The zero-order valence-electron chi connectivity index (χ0n) is 15.7. The Hall–Kier alpha value is -2.54. The predicted octanol–water partition coefficient (Wildman–Crippen LogP) is 3.62. The van der Waals surface area contributed by atoms with Crippen molar-refractivity contribution in [2.24, 2.45) is 0 Å². The van der Waals surface area contributed by atoms with Gasteiger partial charge in [-0.05, 0) is 37.3 Å². The van der Waals surface area contributed by atoms with Gasteiger partial charge >= 0.3 is 5.69 Å². The molecule has 1 amide bonds. The molecule has 1 aliphatic rings. The molecule has 1 atom stereocenters. The first kappa shape index (κ1) is 18.8. The molecule has 2 aromatic carbocycles. The summed E-state index contributed by atoms with van der Waals surface area (Å²) in [5.41, 5.74) is 2.67. The summed E-state index contributed by atoms with van der Waals surface area (Å²) >= 11 is 3.48. The van der Waals surface area contributed by atoms with Crippen LogP contribution >= 0.6 is 15.9 Å². The summed E-state index contributed by atoms with van der Waals surface area (Å²) in [4.78, 5) is 25.3. The average Bonchev–Trinajstić information content (AvgIpc) is 2.97. The van der Waals surface area contributed by atoms with Crippen LogP contribution in [0, 0.1) is 0 Å². The maximum absolute atomic E-state index is 12.7. The number of hydrogen-bond acceptors (Lipinski definition) is 3. The molecule has 28 heavy (non-hydrogen) atoms. The van der Waals surface area contributed by atoms with Crippen LogP contribution in [0.5, 0.6) is 5.75 Å². The number of aryl methyl sites for hydroxylation is 2. The molecule has 0 radical (unpaired) electrons. The van der Waals surface area contributed by atoms with E-state index in [-0.39, 0.29) is 24.1 Å². The van der Waals surface area contributed by atoms with Gasteiger partial charge in [0.25, 0.3) is 0 Å². The van der Waals surface area contributed by atoms with Gasteiger partial charge in [0.15, 0.2) is 0 Å². The number of benzene rings is 2. The number of nitrogens with one attached hydrogen (secondary N) is 1. The quantitative estimate of drug-likeness (QED) is 0.654. The number of fused-ring (bicyclic) bond motifs is 2. The van der Waals surface area contributed by atoms with Crippen LogP contribution in [0.4, 0.5) is 0 Å². The SMILES string of the molecule is CCn1c(=O)n(CCC(=O)NC2CCOc3ccc(Br)cc32)c2ccccc21. The Morgan fingerprint density at radius 1 is 1.21 bits per heavy atom. The molecular formula is C21H22BrN3O3. The number of imidazole rings is 1. The van der Waals surface area contributed by atoms with Gasteiger partial charge in [-0.1, -0.05) is 28.1 Å². The van der Waals surface area contributed by atoms with E-state index in [0.29, 0.717) is 19.7 Å². The van der Waals surface area contributed by atoms with Crippen molar-refractivity contribution in [3.8, 4) is 5.75 Å². The van der Waals surface area contributed by atoms with E-state index >= 15 is 0 Å². The van der Waals surface area contributed by atoms with Crippen molar-refractivity contribution in [1.82, 2.24) is 14.5 Å². The van der Waals surface area contributed by atoms with E-state index in [4.69, 9.17) is 4.74 Å². The smallest absolute Gasteiger partial charge is 0.329 e. The van der Waals surface area contributed by atoms with E-state index in [1.807, 2.05) is 49.4 Å². The van der Waals surface area contributed by atoms with Gasteiger partial charge in [0, 0.05) is 36.0 Å². The third kappa shape index (κ3) is 3.46. The lowest BCUT2D eigenvalue weighted by molar-refractivity contribution is -0.122. The number of para-hydroxylation sites is 2. The maximum Gasteiger partial charge on any atom is 0.329 e. The van der Waals surface area contributed by atoms with Gasteiger partial charge in [-0.3, -0.25) is 13.9 Å². The molecule has 1 N–H and O–H groups in total. The zero-order chi connectivity index (χ0) is 19.7. The van der Waals surface area contributed by atoms with Crippen LogP contribution in [0.3, 0.4) is 0 Å². The molecule has 0 saturated carbocycles. The maximum atomic E-state index is 12.7. The van der Waals surface area contributed by atoms with Crippen molar-refractivity contribution in [1.29, 1.82) is 0 Å². The number of hydrogen-bond donors (Lipinski definition) is 1. The fourth-order valence-electron chi connectivity index (χ4n) is 3.79. The summed E-state index contributed by atoms with van der Waals surface area (Å²) in [5, 5.41) is 3.10. The van der Waals surface area contributed by atoms with E-state index in [1.165, 1.54) is 0 Å². The number of rotatable bonds is 5. The molecule has 6 nitrogen and oxygen atoms in total. The number of carbonyl (C=O) groups excluding carboxylic acids is 1. The van der Waals surface area contributed by atoms with Gasteiger partial charge in [0.2, 0.25) is 5.91 Å². The van der Waals surface area contributed by atoms with Gasteiger partial charge in [-0.2, -0.15) is 0 Å². The van der Waals surface area contributed by atoms with Crippen LogP contribution < -0.4 is 15.7 Å². The Morgan fingerprint density at radius 3 is 2.71 bits per heavy atom. The van der Waals surface area contributed by atoms with Crippen LogP contribution in [0.2, 0.25) is 0 Å². The average molecular weight is 444 g/mol. The number of halogens is 1. The van der Waals surface area contributed by atoms with Crippen LogP contribution in [0.25, 0.3) is 11.0 Å². The van der Waals surface area contributed by atoms with Gasteiger partial charge in [-0.15, -0.1) is 0 Å². The molecule has 0 bridgehead atoms. The minimum atomic E-state index is -0.0811. The van der Waals surface area contributed by atoms with Crippen LogP contribution in [0.1, 0.15) is 31.4 Å². The third-order valence-electron chi connectivity index (χ3n) is 5.15. The normalized spacial score (nSPS) is 15.9. The fourth-order valence-corrected chi connectivity index (χ4v) is 4.17. The Kier molecular flexibility index (Phi) is 5.26. The van der Waals surface area contributed by atoms with E-state index < -0.39 is 0 Å². The molecule has 1 aromatic heterocycles. The second-order valence-electron chi connectivity index (χ2n) is 6.86. The largest absolute Gasteiger partial charge is 0.493 e. The first-order chi connectivity index (χ1) is 13.6.